The second kappa shape index (κ2) is 5.92. The summed E-state index contributed by atoms with van der Waals surface area (Å²) in [6.45, 7) is 3.94. The SMILES string of the molecule is COc1ccc(OCCNC2CC(C)C2)cc1. The Morgan fingerprint density at radius 1 is 1.18 bits per heavy atom. The molecule has 1 saturated carbocycles. The summed E-state index contributed by atoms with van der Waals surface area (Å²) in [4.78, 5) is 0. The van der Waals surface area contributed by atoms with Crippen molar-refractivity contribution in [3.05, 3.63) is 24.3 Å². The summed E-state index contributed by atoms with van der Waals surface area (Å²) in [5.74, 6) is 2.66. The van der Waals surface area contributed by atoms with Crippen molar-refractivity contribution in [3.8, 4) is 11.5 Å². The first-order valence-corrected chi connectivity index (χ1v) is 6.28. The van der Waals surface area contributed by atoms with Gasteiger partial charge in [-0.3, -0.25) is 0 Å². The monoisotopic (exact) mass is 235 g/mol. The van der Waals surface area contributed by atoms with E-state index >= 15 is 0 Å². The number of hydrogen-bond donors (Lipinski definition) is 1. The van der Waals surface area contributed by atoms with Crippen LogP contribution in [0.4, 0.5) is 0 Å². The summed E-state index contributed by atoms with van der Waals surface area (Å²) in [5, 5.41) is 3.49. The number of benzene rings is 1. The molecule has 0 unspecified atom stereocenters. The molecule has 17 heavy (non-hydrogen) atoms. The zero-order valence-electron chi connectivity index (χ0n) is 10.6. The highest BCUT2D eigenvalue weighted by Crippen LogP contribution is 2.25. The molecule has 0 bridgehead atoms. The standard InChI is InChI=1S/C14H21NO2/c1-11-9-12(10-11)15-7-8-17-14-5-3-13(16-2)4-6-14/h3-6,11-12,15H,7-10H2,1-2H3. The van der Waals surface area contributed by atoms with Gasteiger partial charge in [0.05, 0.1) is 7.11 Å². The number of rotatable bonds is 6. The minimum absolute atomic E-state index is 0.712. The van der Waals surface area contributed by atoms with Gasteiger partial charge >= 0.3 is 0 Å². The summed E-state index contributed by atoms with van der Waals surface area (Å²) in [5.41, 5.74) is 0. The molecule has 1 aromatic rings. The highest BCUT2D eigenvalue weighted by atomic mass is 16.5. The van der Waals surface area contributed by atoms with Crippen LogP contribution in [0, 0.1) is 5.92 Å². The van der Waals surface area contributed by atoms with Gasteiger partial charge in [-0.2, -0.15) is 0 Å². The van der Waals surface area contributed by atoms with E-state index < -0.39 is 0 Å². The van der Waals surface area contributed by atoms with Crippen molar-refractivity contribution in [1.29, 1.82) is 0 Å². The van der Waals surface area contributed by atoms with Crippen LogP contribution in [0.15, 0.2) is 24.3 Å². The van der Waals surface area contributed by atoms with Gasteiger partial charge in [0.2, 0.25) is 0 Å². The van der Waals surface area contributed by atoms with Crippen LogP contribution in [0.5, 0.6) is 11.5 Å². The highest BCUT2D eigenvalue weighted by molar-refractivity contribution is 5.31. The average molecular weight is 235 g/mol. The van der Waals surface area contributed by atoms with E-state index in [4.69, 9.17) is 9.47 Å². The quantitative estimate of drug-likeness (QED) is 0.768. The van der Waals surface area contributed by atoms with E-state index in [2.05, 4.69) is 12.2 Å². The van der Waals surface area contributed by atoms with E-state index in [-0.39, 0.29) is 0 Å². The third-order valence-electron chi connectivity index (χ3n) is 3.24. The van der Waals surface area contributed by atoms with Gasteiger partial charge in [-0.1, -0.05) is 6.92 Å². The molecule has 2 rings (SSSR count). The van der Waals surface area contributed by atoms with E-state index in [0.29, 0.717) is 6.04 Å². The average Bonchev–Trinajstić information content (AvgIpc) is 2.32. The second-order valence-electron chi connectivity index (χ2n) is 4.75. The van der Waals surface area contributed by atoms with E-state index in [1.165, 1.54) is 12.8 Å². The number of nitrogens with one attached hydrogen (secondary N) is 1. The number of ether oxygens (including phenoxy) is 2. The maximum absolute atomic E-state index is 5.63. The molecular formula is C14H21NO2. The predicted octanol–water partition coefficient (Wildman–Crippen LogP) is 2.46. The largest absolute Gasteiger partial charge is 0.497 e. The van der Waals surface area contributed by atoms with Crippen molar-refractivity contribution in [3.63, 3.8) is 0 Å². The Kier molecular flexibility index (Phi) is 4.26. The predicted molar refractivity (Wildman–Crippen MR) is 68.7 cm³/mol. The minimum Gasteiger partial charge on any atom is -0.497 e. The van der Waals surface area contributed by atoms with Gasteiger partial charge in [-0.15, -0.1) is 0 Å². The molecule has 94 valence electrons. The summed E-state index contributed by atoms with van der Waals surface area (Å²) in [6, 6.07) is 8.41. The smallest absolute Gasteiger partial charge is 0.119 e. The first-order valence-electron chi connectivity index (χ1n) is 6.28. The van der Waals surface area contributed by atoms with E-state index in [9.17, 15) is 0 Å². The first kappa shape index (κ1) is 12.2. The molecule has 0 spiro atoms. The van der Waals surface area contributed by atoms with Crippen LogP contribution in [0.3, 0.4) is 0 Å². The number of methoxy groups -OCH3 is 1. The Hall–Kier alpha value is -1.22. The van der Waals surface area contributed by atoms with Gasteiger partial charge in [0.1, 0.15) is 18.1 Å². The van der Waals surface area contributed by atoms with E-state index in [1.807, 2.05) is 24.3 Å². The first-order chi connectivity index (χ1) is 8.28. The van der Waals surface area contributed by atoms with Crippen molar-refractivity contribution in [2.75, 3.05) is 20.3 Å². The molecular weight excluding hydrogens is 214 g/mol. The van der Waals surface area contributed by atoms with E-state index in [0.717, 1.165) is 30.6 Å². The lowest BCUT2D eigenvalue weighted by Crippen LogP contribution is -2.41. The summed E-state index contributed by atoms with van der Waals surface area (Å²) in [6.07, 6.45) is 2.62. The Labute approximate surface area is 103 Å². The van der Waals surface area contributed by atoms with Gasteiger partial charge in [-0.25, -0.2) is 0 Å². The lowest BCUT2D eigenvalue weighted by Gasteiger charge is -2.33. The van der Waals surface area contributed by atoms with Crippen LogP contribution < -0.4 is 14.8 Å². The van der Waals surface area contributed by atoms with Crippen LogP contribution in [0.25, 0.3) is 0 Å². The summed E-state index contributed by atoms with van der Waals surface area (Å²) >= 11 is 0. The third-order valence-corrected chi connectivity index (χ3v) is 3.24. The Morgan fingerprint density at radius 2 is 1.82 bits per heavy atom. The van der Waals surface area contributed by atoms with Crippen molar-refractivity contribution < 1.29 is 9.47 Å². The maximum atomic E-state index is 5.63. The van der Waals surface area contributed by atoms with Gasteiger partial charge < -0.3 is 14.8 Å². The van der Waals surface area contributed by atoms with Crippen molar-refractivity contribution >= 4 is 0 Å². The fraction of sp³-hybridized carbons (Fsp3) is 0.571. The fourth-order valence-corrected chi connectivity index (χ4v) is 2.17. The zero-order chi connectivity index (χ0) is 12.1. The van der Waals surface area contributed by atoms with Gasteiger partial charge in [-0.05, 0) is 43.0 Å². The van der Waals surface area contributed by atoms with E-state index in [1.54, 1.807) is 7.11 Å². The topological polar surface area (TPSA) is 30.5 Å². The maximum Gasteiger partial charge on any atom is 0.119 e. The molecule has 1 aliphatic carbocycles. The second-order valence-corrected chi connectivity index (χ2v) is 4.75. The highest BCUT2D eigenvalue weighted by Gasteiger charge is 2.24. The molecule has 3 nitrogen and oxygen atoms in total. The van der Waals surface area contributed by atoms with Crippen LogP contribution >= 0.6 is 0 Å². The Bertz CT molecular complexity index is 331. The van der Waals surface area contributed by atoms with Crippen LogP contribution in [0.2, 0.25) is 0 Å². The molecule has 1 aliphatic rings. The lowest BCUT2D eigenvalue weighted by molar-refractivity contribution is 0.223. The van der Waals surface area contributed by atoms with Gasteiger partial charge in [0.15, 0.2) is 0 Å². The molecule has 1 aromatic carbocycles. The van der Waals surface area contributed by atoms with Crippen molar-refractivity contribution in [1.82, 2.24) is 5.32 Å². The molecule has 1 N–H and O–H groups in total. The molecule has 0 heterocycles. The molecule has 0 amide bonds. The molecule has 0 saturated heterocycles. The Balaban J connectivity index is 1.61. The molecule has 3 heteroatoms. The summed E-state index contributed by atoms with van der Waals surface area (Å²) < 4.78 is 10.7. The fourth-order valence-electron chi connectivity index (χ4n) is 2.17. The molecule has 0 atom stereocenters. The van der Waals surface area contributed by atoms with Gasteiger partial charge in [0.25, 0.3) is 0 Å². The van der Waals surface area contributed by atoms with Gasteiger partial charge in [0, 0.05) is 12.6 Å². The minimum atomic E-state index is 0.712. The van der Waals surface area contributed by atoms with Crippen LogP contribution in [-0.2, 0) is 0 Å². The molecule has 0 radical (unpaired) electrons. The molecule has 1 fully saturated rings. The lowest BCUT2D eigenvalue weighted by atomic mass is 9.82. The normalized spacial score (nSPS) is 22.9. The Morgan fingerprint density at radius 3 is 2.41 bits per heavy atom. The third kappa shape index (κ3) is 3.63. The molecule has 0 aliphatic heterocycles. The van der Waals surface area contributed by atoms with Crippen molar-refractivity contribution in [2.45, 2.75) is 25.8 Å². The van der Waals surface area contributed by atoms with Crippen LogP contribution in [0.1, 0.15) is 19.8 Å². The number of hydrogen-bond acceptors (Lipinski definition) is 3. The zero-order valence-corrected chi connectivity index (χ0v) is 10.6. The summed E-state index contributed by atoms with van der Waals surface area (Å²) in [7, 11) is 1.67. The molecule has 0 aromatic heterocycles. The van der Waals surface area contributed by atoms with Crippen molar-refractivity contribution in [2.24, 2.45) is 5.92 Å². The van der Waals surface area contributed by atoms with Crippen LogP contribution in [-0.4, -0.2) is 26.3 Å².